The topological polar surface area (TPSA) is 68.9 Å². The van der Waals surface area contributed by atoms with Crippen LogP contribution in [0.2, 0.25) is 0 Å². The lowest BCUT2D eigenvalue weighted by Gasteiger charge is -2.21. The van der Waals surface area contributed by atoms with Crippen molar-refractivity contribution in [3.05, 3.63) is 344 Å². The molecule has 0 atom stereocenters. The molecule has 19 aromatic rings. The third-order valence-corrected chi connectivity index (χ3v) is 20.1. The Bertz CT molecular complexity index is 6490. The molecule has 22 rings (SSSR count). The lowest BCUT2D eigenvalue weighted by atomic mass is 9.97. The van der Waals surface area contributed by atoms with E-state index in [2.05, 4.69) is 284 Å². The third-order valence-electron chi connectivity index (χ3n) is 20.1. The highest BCUT2D eigenvalue weighted by Crippen LogP contribution is 2.44. The van der Waals surface area contributed by atoms with Crippen LogP contribution in [0, 0.1) is 5.82 Å². The standard InChI is InChI=1S/C44H28N4O.C31H21N.C14H9FN2O/c1-2-10-31(11-3-1)46-38-15-7-4-12-33(38)35-24-28(19-22-40(35)46)29-20-23-41-36(25-29)34-13-5-8-16-39(34)47(41)32-21-18-30-27-49-44-45-37-14-6-9-17-42(37)48(44)43(30)26-32;1-2-9-25(10-3-1)32-30-13-7-6-12-27(30)29-20-22(16-17-31(29)32)21-14-15-24-18-23-8-4-5-11-26(23)28(24)19-21;15-10-6-5-9-8-18-14-16-11-3-1-2-4-12(11)17(14)13(9)7-10/h1-26H,27H2;1-17,19-20H,18H2;1-7H,8H2. The van der Waals surface area contributed by atoms with Crippen molar-refractivity contribution in [2.75, 3.05) is 0 Å². The quantitative estimate of drug-likeness (QED) is 0.172. The number of para-hydroxylation sites is 9. The maximum atomic E-state index is 13.4. The summed E-state index contributed by atoms with van der Waals surface area (Å²) >= 11 is 0. The van der Waals surface area contributed by atoms with Gasteiger partial charge in [-0.25, -0.2) is 4.39 Å². The normalized spacial score (nSPS) is 12.5. The summed E-state index contributed by atoms with van der Waals surface area (Å²) in [4.78, 5) is 9.17. The number of hydrogen-bond acceptors (Lipinski definition) is 4. The first-order valence-electron chi connectivity index (χ1n) is 33.6. The Morgan fingerprint density at radius 2 is 0.646 bits per heavy atom. The minimum absolute atomic E-state index is 0.251. The Morgan fingerprint density at radius 1 is 0.263 bits per heavy atom. The largest absolute Gasteiger partial charge is 0.459 e. The van der Waals surface area contributed by atoms with E-state index >= 15 is 0 Å². The Kier molecular flexibility index (Phi) is 12.8. The number of halogens is 1. The molecule has 10 heteroatoms. The lowest BCUT2D eigenvalue weighted by molar-refractivity contribution is 0.265. The van der Waals surface area contributed by atoms with E-state index < -0.39 is 0 Å². The first-order valence-corrected chi connectivity index (χ1v) is 33.6. The van der Waals surface area contributed by atoms with Gasteiger partial charge in [0.15, 0.2) is 0 Å². The highest BCUT2D eigenvalue weighted by molar-refractivity contribution is 6.14. The van der Waals surface area contributed by atoms with Crippen LogP contribution < -0.4 is 9.47 Å². The highest BCUT2D eigenvalue weighted by atomic mass is 19.1. The van der Waals surface area contributed by atoms with Crippen LogP contribution in [0.3, 0.4) is 0 Å². The van der Waals surface area contributed by atoms with Crippen LogP contribution in [0.1, 0.15) is 22.3 Å². The van der Waals surface area contributed by atoms with Gasteiger partial charge in [0.1, 0.15) is 19.0 Å². The molecule has 2 aliphatic heterocycles. The monoisotopic (exact) mass is 1280 g/mol. The molecule has 0 amide bonds. The zero-order chi connectivity index (χ0) is 65.2. The Labute approximate surface area is 567 Å². The number of imidazole rings is 2. The van der Waals surface area contributed by atoms with Crippen LogP contribution in [0.25, 0.3) is 149 Å². The van der Waals surface area contributed by atoms with Crippen LogP contribution in [0.4, 0.5) is 4.39 Å². The molecule has 0 spiro atoms. The summed E-state index contributed by atoms with van der Waals surface area (Å²) in [5, 5.41) is 7.56. The van der Waals surface area contributed by atoms with Crippen LogP contribution in [0.5, 0.6) is 12.0 Å². The van der Waals surface area contributed by atoms with E-state index in [1.807, 2.05) is 41.0 Å². The molecule has 0 unspecified atom stereocenters. The average molecular weight is 1280 g/mol. The van der Waals surface area contributed by atoms with Crippen molar-refractivity contribution in [2.45, 2.75) is 19.6 Å². The highest BCUT2D eigenvalue weighted by Gasteiger charge is 2.26. The average Bonchev–Trinajstić information content (AvgIpc) is 1.63. The molecule has 99 heavy (non-hydrogen) atoms. The van der Waals surface area contributed by atoms with E-state index in [0.717, 1.165) is 56.7 Å². The SMILES string of the molecule is Fc1ccc2c(c1)-n1c(nc3ccccc31)OC2.c1ccc(-n2c3ccccc3c3cc(-c4ccc5c(c4)-c4ccccc4C5)ccc32)cc1.c1ccc(-n2c3ccccc3c3cc(-c4ccc5c(c4)c4ccccc4n5-c4ccc5c(c4)-n4c(nc6ccccc64)OC5)ccc32)cc1. The van der Waals surface area contributed by atoms with Crippen LogP contribution in [-0.2, 0) is 19.6 Å². The second-order valence-electron chi connectivity index (χ2n) is 25.7. The van der Waals surface area contributed by atoms with Crippen molar-refractivity contribution < 1.29 is 13.9 Å². The summed E-state index contributed by atoms with van der Waals surface area (Å²) in [6.07, 6.45) is 1.04. The molecule has 14 aromatic carbocycles. The maximum absolute atomic E-state index is 13.4. The summed E-state index contributed by atoms with van der Waals surface area (Å²) in [6, 6.07) is 112. The molecular formula is C89H58FN7O2. The summed E-state index contributed by atoms with van der Waals surface area (Å²) < 4.78 is 36.2. The van der Waals surface area contributed by atoms with E-state index in [1.165, 1.54) is 133 Å². The van der Waals surface area contributed by atoms with Crippen LogP contribution in [0.15, 0.2) is 315 Å². The zero-order valence-electron chi connectivity index (χ0n) is 53.5. The lowest BCUT2D eigenvalue weighted by Crippen LogP contribution is -2.13. The number of fused-ring (bicyclic) bond motifs is 22. The number of ether oxygens (including phenoxy) is 2. The fourth-order valence-corrected chi connectivity index (χ4v) is 15.6. The van der Waals surface area contributed by atoms with E-state index in [9.17, 15) is 4.39 Å². The number of aromatic nitrogens is 7. The van der Waals surface area contributed by atoms with E-state index in [0.29, 0.717) is 25.2 Å². The van der Waals surface area contributed by atoms with Gasteiger partial charge in [-0.2, -0.15) is 9.97 Å². The molecule has 0 bridgehead atoms. The maximum Gasteiger partial charge on any atom is 0.302 e. The molecule has 1 aliphatic carbocycles. The second kappa shape index (κ2) is 22.5. The van der Waals surface area contributed by atoms with Gasteiger partial charge in [0.2, 0.25) is 0 Å². The molecular weight excluding hydrogens is 1220 g/mol. The summed E-state index contributed by atoms with van der Waals surface area (Å²) in [7, 11) is 0. The molecule has 0 fully saturated rings. The molecule has 9 nitrogen and oxygen atoms in total. The minimum atomic E-state index is -0.251. The van der Waals surface area contributed by atoms with Gasteiger partial charge in [-0.05, 0) is 184 Å². The summed E-state index contributed by atoms with van der Waals surface area (Å²) in [5.41, 5.74) is 29.1. The molecule has 0 saturated carbocycles. The van der Waals surface area contributed by atoms with Crippen molar-refractivity contribution in [3.63, 3.8) is 0 Å². The Morgan fingerprint density at radius 3 is 1.17 bits per heavy atom. The van der Waals surface area contributed by atoms with Crippen molar-refractivity contribution in [2.24, 2.45) is 0 Å². The fraction of sp³-hybridized carbons (Fsp3) is 0.0337. The third kappa shape index (κ3) is 9.14. The van der Waals surface area contributed by atoms with Crippen LogP contribution in [-0.4, -0.2) is 32.8 Å². The van der Waals surface area contributed by atoms with Gasteiger partial charge in [0, 0.05) is 60.5 Å². The van der Waals surface area contributed by atoms with Gasteiger partial charge in [-0.3, -0.25) is 9.13 Å². The van der Waals surface area contributed by atoms with Gasteiger partial charge in [0.05, 0.1) is 66.5 Å². The van der Waals surface area contributed by atoms with Crippen molar-refractivity contribution in [1.82, 2.24) is 32.8 Å². The number of rotatable bonds is 5. The van der Waals surface area contributed by atoms with Gasteiger partial charge in [-0.1, -0.05) is 182 Å². The molecule has 0 N–H and O–H groups in total. The molecule has 3 aliphatic rings. The molecule has 5 aromatic heterocycles. The fourth-order valence-electron chi connectivity index (χ4n) is 15.6. The molecule has 0 saturated heterocycles. The van der Waals surface area contributed by atoms with E-state index in [-0.39, 0.29) is 5.82 Å². The smallest absolute Gasteiger partial charge is 0.302 e. The predicted octanol–water partition coefficient (Wildman–Crippen LogP) is 21.9. The first kappa shape index (κ1) is 56.3. The summed E-state index contributed by atoms with van der Waals surface area (Å²) in [5.74, 6) is -0.251. The number of nitrogens with zero attached hydrogens (tertiary/aromatic N) is 7. The second-order valence-corrected chi connectivity index (χ2v) is 25.7. The van der Waals surface area contributed by atoms with Crippen molar-refractivity contribution in [1.29, 1.82) is 0 Å². The predicted molar refractivity (Wildman–Crippen MR) is 399 cm³/mol. The van der Waals surface area contributed by atoms with E-state index in [1.54, 1.807) is 6.07 Å². The van der Waals surface area contributed by atoms with Crippen molar-refractivity contribution in [3.8, 4) is 73.8 Å². The van der Waals surface area contributed by atoms with Gasteiger partial charge >= 0.3 is 12.0 Å². The number of benzene rings is 14. The Balaban J connectivity index is 0.000000113. The minimum Gasteiger partial charge on any atom is -0.459 e. The molecule has 7 heterocycles. The van der Waals surface area contributed by atoms with Crippen LogP contribution >= 0.6 is 0 Å². The zero-order valence-corrected chi connectivity index (χ0v) is 53.5. The van der Waals surface area contributed by atoms with Crippen molar-refractivity contribution >= 4 is 87.5 Å². The van der Waals surface area contributed by atoms with Gasteiger partial charge in [-0.15, -0.1) is 0 Å². The first-order chi connectivity index (χ1) is 49.0. The Hall–Kier alpha value is -13.1. The van der Waals surface area contributed by atoms with E-state index in [4.69, 9.17) is 14.5 Å². The molecule has 468 valence electrons. The van der Waals surface area contributed by atoms with Gasteiger partial charge in [0.25, 0.3) is 0 Å². The summed E-state index contributed by atoms with van der Waals surface area (Å²) in [6.45, 7) is 0.933. The van der Waals surface area contributed by atoms with Gasteiger partial charge < -0.3 is 23.2 Å². The molecule has 0 radical (unpaired) electrons. The number of hydrogen-bond donors (Lipinski definition) is 0.